The fourth-order valence-electron chi connectivity index (χ4n) is 3.47. The molecule has 2 aromatic rings. The predicted octanol–water partition coefficient (Wildman–Crippen LogP) is 4.93. The van der Waals surface area contributed by atoms with Crippen LogP contribution < -0.4 is 10.1 Å². The lowest BCUT2D eigenvalue weighted by Crippen LogP contribution is -2.33. The highest BCUT2D eigenvalue weighted by molar-refractivity contribution is 5.71. The summed E-state index contributed by atoms with van der Waals surface area (Å²) in [6.07, 6.45) is -2.34. The van der Waals surface area contributed by atoms with E-state index in [0.29, 0.717) is 24.3 Å². The van der Waals surface area contributed by atoms with Gasteiger partial charge in [0.2, 0.25) is 0 Å². The maximum absolute atomic E-state index is 12.7. The van der Waals surface area contributed by atoms with Crippen molar-refractivity contribution >= 4 is 5.97 Å². The first-order chi connectivity index (χ1) is 15.7. The van der Waals surface area contributed by atoms with E-state index >= 15 is 0 Å². The standard InChI is InChI=1S/C24H25F3N2O4/c1-15(2)23(30)33-29-12-11-21-20(13-29)28-22(32-21)17-5-9-19(10-6-17)31-14-16-3-7-18(8-4-16)24(25,26)27/h3-10,13,15,21-22,28H,11-12,14H2,1-2H3. The summed E-state index contributed by atoms with van der Waals surface area (Å²) in [6, 6.07) is 12.2. The van der Waals surface area contributed by atoms with Crippen LogP contribution in [0.2, 0.25) is 0 Å². The number of alkyl halides is 3. The van der Waals surface area contributed by atoms with Gasteiger partial charge in [0.1, 0.15) is 18.5 Å². The number of hydrogen-bond acceptors (Lipinski definition) is 6. The van der Waals surface area contributed by atoms with Crippen LogP contribution in [0.5, 0.6) is 5.75 Å². The number of carbonyl (C=O) groups excluding carboxylic acids is 1. The third-order valence-corrected chi connectivity index (χ3v) is 5.39. The zero-order valence-electron chi connectivity index (χ0n) is 18.3. The van der Waals surface area contributed by atoms with Crippen LogP contribution >= 0.6 is 0 Å². The minimum absolute atomic E-state index is 0.0976. The topological polar surface area (TPSA) is 60.0 Å². The van der Waals surface area contributed by atoms with E-state index in [2.05, 4.69) is 5.32 Å². The second-order valence-corrected chi connectivity index (χ2v) is 8.28. The van der Waals surface area contributed by atoms with Gasteiger partial charge in [-0.1, -0.05) is 38.1 Å². The Morgan fingerprint density at radius 1 is 1.15 bits per heavy atom. The second kappa shape index (κ2) is 9.35. The van der Waals surface area contributed by atoms with E-state index in [1.165, 1.54) is 17.2 Å². The maximum atomic E-state index is 12.7. The van der Waals surface area contributed by atoms with Crippen LogP contribution in [0.15, 0.2) is 60.4 Å². The minimum Gasteiger partial charge on any atom is -0.489 e. The van der Waals surface area contributed by atoms with Gasteiger partial charge >= 0.3 is 12.1 Å². The van der Waals surface area contributed by atoms with Gasteiger partial charge in [-0.3, -0.25) is 0 Å². The Kier molecular flexibility index (Phi) is 6.51. The number of hydrogen-bond donors (Lipinski definition) is 1. The van der Waals surface area contributed by atoms with Crippen molar-refractivity contribution in [2.24, 2.45) is 5.92 Å². The molecule has 0 radical (unpaired) electrons. The van der Waals surface area contributed by atoms with E-state index < -0.39 is 11.7 Å². The van der Waals surface area contributed by atoms with Crippen LogP contribution in [0.4, 0.5) is 13.2 Å². The van der Waals surface area contributed by atoms with Crippen molar-refractivity contribution in [1.29, 1.82) is 0 Å². The fraction of sp³-hybridized carbons (Fsp3) is 0.375. The minimum atomic E-state index is -4.35. The van der Waals surface area contributed by atoms with Gasteiger partial charge in [-0.05, 0) is 29.8 Å². The molecule has 2 aliphatic heterocycles. The zero-order valence-corrected chi connectivity index (χ0v) is 18.3. The first-order valence-electron chi connectivity index (χ1n) is 10.7. The molecule has 9 heteroatoms. The van der Waals surface area contributed by atoms with Gasteiger partial charge < -0.3 is 19.6 Å². The third-order valence-electron chi connectivity index (χ3n) is 5.39. The smallest absolute Gasteiger partial charge is 0.416 e. The van der Waals surface area contributed by atoms with Crippen LogP contribution in [-0.2, 0) is 27.2 Å². The summed E-state index contributed by atoms with van der Waals surface area (Å²) in [5, 5.41) is 4.84. The number of rotatable bonds is 6. The van der Waals surface area contributed by atoms with Crippen molar-refractivity contribution in [1.82, 2.24) is 10.4 Å². The van der Waals surface area contributed by atoms with Gasteiger partial charge in [0.25, 0.3) is 0 Å². The molecule has 0 bridgehead atoms. The van der Waals surface area contributed by atoms with Crippen molar-refractivity contribution in [3.05, 3.63) is 77.1 Å². The fourth-order valence-corrected chi connectivity index (χ4v) is 3.47. The zero-order chi connectivity index (χ0) is 23.6. The Bertz CT molecular complexity index is 1000. The van der Waals surface area contributed by atoms with Crippen LogP contribution in [0.25, 0.3) is 0 Å². The van der Waals surface area contributed by atoms with Crippen LogP contribution in [0.1, 0.15) is 43.2 Å². The monoisotopic (exact) mass is 462 g/mol. The molecular formula is C24H25F3N2O4. The number of hydroxylamine groups is 2. The summed E-state index contributed by atoms with van der Waals surface area (Å²) in [4.78, 5) is 17.2. The molecule has 0 saturated carbocycles. The molecule has 2 aromatic carbocycles. The Balaban J connectivity index is 1.32. The molecule has 4 rings (SSSR count). The van der Waals surface area contributed by atoms with E-state index in [1.54, 1.807) is 32.2 Å². The van der Waals surface area contributed by atoms with E-state index in [4.69, 9.17) is 14.3 Å². The van der Waals surface area contributed by atoms with Crippen LogP contribution in [0, 0.1) is 5.92 Å². The summed E-state index contributed by atoms with van der Waals surface area (Å²) >= 11 is 0. The third kappa shape index (κ3) is 5.60. The molecule has 2 atom stereocenters. The van der Waals surface area contributed by atoms with E-state index in [-0.39, 0.29) is 30.8 Å². The highest BCUT2D eigenvalue weighted by atomic mass is 19.4. The van der Waals surface area contributed by atoms with E-state index in [9.17, 15) is 18.0 Å². The SMILES string of the molecule is CC(C)C(=O)ON1C=C2NC(c3ccc(OCc4ccc(C(F)(F)F)cc4)cc3)OC2CC1. The Morgan fingerprint density at radius 2 is 1.85 bits per heavy atom. The van der Waals surface area contributed by atoms with Crippen molar-refractivity contribution in [2.75, 3.05) is 6.54 Å². The van der Waals surface area contributed by atoms with Crippen molar-refractivity contribution < 1.29 is 32.3 Å². The molecule has 2 unspecified atom stereocenters. The molecule has 0 spiro atoms. The van der Waals surface area contributed by atoms with Gasteiger partial charge in [0, 0.05) is 12.0 Å². The van der Waals surface area contributed by atoms with Gasteiger partial charge in [0.15, 0.2) is 6.23 Å². The van der Waals surface area contributed by atoms with Gasteiger partial charge in [-0.25, -0.2) is 9.86 Å². The number of halogens is 3. The average molecular weight is 462 g/mol. The van der Waals surface area contributed by atoms with E-state index in [1.807, 2.05) is 12.1 Å². The molecule has 176 valence electrons. The number of nitrogens with zero attached hydrogens (tertiary/aromatic N) is 1. The first kappa shape index (κ1) is 23.0. The molecule has 1 N–H and O–H groups in total. The lowest BCUT2D eigenvalue weighted by Gasteiger charge is -2.26. The molecule has 0 aliphatic carbocycles. The van der Waals surface area contributed by atoms with Crippen molar-refractivity contribution in [3.8, 4) is 5.75 Å². The summed E-state index contributed by atoms with van der Waals surface area (Å²) in [6.45, 7) is 4.28. The number of nitrogens with one attached hydrogen (secondary N) is 1. The predicted molar refractivity (Wildman–Crippen MR) is 113 cm³/mol. The normalized spacial score (nSPS) is 20.2. The summed E-state index contributed by atoms with van der Waals surface area (Å²) < 4.78 is 49.8. The maximum Gasteiger partial charge on any atom is 0.416 e. The van der Waals surface area contributed by atoms with Crippen molar-refractivity contribution in [2.45, 2.75) is 45.4 Å². The number of ether oxygens (including phenoxy) is 2. The summed E-state index contributed by atoms with van der Waals surface area (Å²) in [5.41, 5.74) is 1.71. The molecule has 6 nitrogen and oxygen atoms in total. The number of benzene rings is 2. The van der Waals surface area contributed by atoms with Crippen molar-refractivity contribution in [3.63, 3.8) is 0 Å². The lowest BCUT2D eigenvalue weighted by atomic mass is 10.1. The summed E-state index contributed by atoms with van der Waals surface area (Å²) in [5.74, 6) is 0.106. The van der Waals surface area contributed by atoms with Gasteiger partial charge in [0.05, 0.1) is 29.9 Å². The van der Waals surface area contributed by atoms with Crippen LogP contribution in [0.3, 0.4) is 0 Å². The van der Waals surface area contributed by atoms with Crippen LogP contribution in [-0.4, -0.2) is 23.7 Å². The Hall–Kier alpha value is -3.20. The molecule has 1 fully saturated rings. The molecule has 2 aliphatic rings. The van der Waals surface area contributed by atoms with Gasteiger partial charge in [-0.15, -0.1) is 0 Å². The molecule has 2 heterocycles. The van der Waals surface area contributed by atoms with Gasteiger partial charge in [-0.2, -0.15) is 13.2 Å². The molecule has 0 aromatic heterocycles. The van der Waals surface area contributed by atoms with E-state index in [0.717, 1.165) is 23.4 Å². The number of carbonyl (C=O) groups is 1. The summed E-state index contributed by atoms with van der Waals surface area (Å²) in [7, 11) is 0. The molecular weight excluding hydrogens is 437 g/mol. The lowest BCUT2D eigenvalue weighted by molar-refractivity contribution is -0.185. The first-order valence-corrected chi connectivity index (χ1v) is 10.7. The largest absolute Gasteiger partial charge is 0.489 e. The Labute approximate surface area is 189 Å². The molecule has 0 amide bonds. The quantitative estimate of drug-likeness (QED) is 0.657. The highest BCUT2D eigenvalue weighted by Gasteiger charge is 2.34. The second-order valence-electron chi connectivity index (χ2n) is 8.28. The highest BCUT2D eigenvalue weighted by Crippen LogP contribution is 2.33. The molecule has 1 saturated heterocycles. The molecule has 33 heavy (non-hydrogen) atoms. The average Bonchev–Trinajstić information content (AvgIpc) is 3.21. The Morgan fingerprint density at radius 3 is 2.48 bits per heavy atom. The number of fused-ring (bicyclic) bond motifs is 1.